The van der Waals surface area contributed by atoms with E-state index in [0.29, 0.717) is 23.7 Å². The number of amides is 2. The van der Waals surface area contributed by atoms with Crippen molar-refractivity contribution in [3.8, 4) is 0 Å². The lowest BCUT2D eigenvalue weighted by atomic mass is 10.1. The summed E-state index contributed by atoms with van der Waals surface area (Å²) in [5.41, 5.74) is 3.27. The Morgan fingerprint density at radius 3 is 2.35 bits per heavy atom. The van der Waals surface area contributed by atoms with Gasteiger partial charge in [0, 0.05) is 44.1 Å². The highest BCUT2D eigenvalue weighted by atomic mass is 35.5. The molecule has 0 unspecified atom stereocenters. The molecule has 2 aromatic carbocycles. The van der Waals surface area contributed by atoms with Gasteiger partial charge in [-0.05, 0) is 68.6 Å². The lowest BCUT2D eigenvalue weighted by molar-refractivity contribution is -0.130. The van der Waals surface area contributed by atoms with E-state index in [1.807, 2.05) is 47.4 Å². The summed E-state index contributed by atoms with van der Waals surface area (Å²) in [5, 5.41) is 0.436. The second-order valence-corrected chi connectivity index (χ2v) is 10.0. The molecule has 0 saturated carbocycles. The van der Waals surface area contributed by atoms with E-state index < -0.39 is 0 Å². The summed E-state index contributed by atoms with van der Waals surface area (Å²) in [4.78, 5) is 35.2. The number of carbonyl (C=O) groups is 2. The van der Waals surface area contributed by atoms with Crippen LogP contribution in [-0.4, -0.2) is 67.4 Å². The van der Waals surface area contributed by atoms with E-state index in [9.17, 15) is 9.59 Å². The Kier molecular flexibility index (Phi) is 7.07. The number of rotatable bonds is 5. The predicted molar refractivity (Wildman–Crippen MR) is 137 cm³/mol. The number of fused-ring (bicyclic) bond motifs is 1. The molecule has 7 heteroatoms. The van der Waals surface area contributed by atoms with E-state index in [2.05, 4.69) is 9.80 Å². The third-order valence-electron chi connectivity index (χ3n) is 7.32. The zero-order valence-corrected chi connectivity index (χ0v) is 20.5. The Balaban J connectivity index is 1.36. The van der Waals surface area contributed by atoms with Crippen molar-refractivity contribution >= 4 is 34.8 Å². The van der Waals surface area contributed by atoms with Gasteiger partial charge in [0.15, 0.2) is 0 Å². The van der Waals surface area contributed by atoms with Crippen molar-refractivity contribution in [2.75, 3.05) is 55.6 Å². The summed E-state index contributed by atoms with van der Waals surface area (Å²) >= 11 is 6.62. The van der Waals surface area contributed by atoms with E-state index in [1.165, 1.54) is 32.1 Å². The molecular weight excluding hydrogens is 448 g/mol. The molecular formula is C27H33ClN4O2. The minimum atomic E-state index is -0.225. The summed E-state index contributed by atoms with van der Waals surface area (Å²) in [6, 6.07) is 13.5. The van der Waals surface area contributed by atoms with E-state index in [4.69, 9.17) is 11.6 Å². The van der Waals surface area contributed by atoms with Crippen molar-refractivity contribution in [3.63, 3.8) is 0 Å². The number of benzene rings is 2. The van der Waals surface area contributed by atoms with E-state index >= 15 is 0 Å². The van der Waals surface area contributed by atoms with Gasteiger partial charge in [-0.3, -0.25) is 14.5 Å². The van der Waals surface area contributed by atoms with Crippen LogP contribution in [0.2, 0.25) is 5.02 Å². The topological polar surface area (TPSA) is 47.1 Å². The van der Waals surface area contributed by atoms with Gasteiger partial charge in [-0.15, -0.1) is 0 Å². The Bertz CT molecular complexity index is 1050. The first-order chi connectivity index (χ1) is 16.6. The van der Waals surface area contributed by atoms with Crippen LogP contribution in [0.3, 0.4) is 0 Å². The summed E-state index contributed by atoms with van der Waals surface area (Å²) in [6.07, 6.45) is 6.12. The molecule has 2 saturated heterocycles. The largest absolute Gasteiger partial charge is 0.371 e. The van der Waals surface area contributed by atoms with Crippen LogP contribution in [0.4, 0.5) is 11.4 Å². The molecule has 0 aromatic heterocycles. The van der Waals surface area contributed by atoms with Gasteiger partial charge < -0.3 is 14.7 Å². The molecule has 2 fully saturated rings. The molecule has 2 aromatic rings. The lowest BCUT2D eigenvalue weighted by Crippen LogP contribution is -2.43. The first-order valence-corrected chi connectivity index (χ1v) is 12.9. The zero-order valence-electron chi connectivity index (χ0n) is 19.7. The Morgan fingerprint density at radius 2 is 1.59 bits per heavy atom. The molecule has 5 rings (SSSR count). The van der Waals surface area contributed by atoms with Gasteiger partial charge in [0.2, 0.25) is 5.91 Å². The van der Waals surface area contributed by atoms with Crippen LogP contribution in [0, 0.1) is 0 Å². The number of halogens is 1. The molecule has 0 bridgehead atoms. The fraction of sp³-hybridized carbons (Fsp3) is 0.481. The highest BCUT2D eigenvalue weighted by Gasteiger charge is 2.31. The summed E-state index contributed by atoms with van der Waals surface area (Å²) in [7, 11) is 0. The van der Waals surface area contributed by atoms with Crippen molar-refractivity contribution in [1.29, 1.82) is 0 Å². The molecule has 3 aliphatic heterocycles. The van der Waals surface area contributed by atoms with Gasteiger partial charge in [0.05, 0.1) is 10.6 Å². The van der Waals surface area contributed by atoms with E-state index in [0.717, 1.165) is 49.7 Å². The Hall–Kier alpha value is -2.57. The van der Waals surface area contributed by atoms with Gasteiger partial charge in [-0.1, -0.05) is 36.2 Å². The maximum Gasteiger partial charge on any atom is 0.260 e. The number of carbonyl (C=O) groups excluding carboxylic acids is 2. The van der Waals surface area contributed by atoms with Crippen LogP contribution in [-0.2, 0) is 11.3 Å². The van der Waals surface area contributed by atoms with Gasteiger partial charge in [-0.25, -0.2) is 0 Å². The number of anilines is 2. The predicted octanol–water partition coefficient (Wildman–Crippen LogP) is 4.42. The average molecular weight is 481 g/mol. The van der Waals surface area contributed by atoms with Crippen LogP contribution >= 0.6 is 11.6 Å². The fourth-order valence-corrected chi connectivity index (χ4v) is 5.60. The second kappa shape index (κ2) is 10.4. The first-order valence-electron chi connectivity index (χ1n) is 12.5. The molecule has 0 spiro atoms. The maximum absolute atomic E-state index is 13.7. The average Bonchev–Trinajstić information content (AvgIpc) is 3.36. The van der Waals surface area contributed by atoms with Crippen LogP contribution in [0.15, 0.2) is 42.5 Å². The van der Waals surface area contributed by atoms with Gasteiger partial charge >= 0.3 is 0 Å². The molecule has 0 radical (unpaired) electrons. The fourth-order valence-electron chi connectivity index (χ4n) is 5.35. The SMILES string of the molecule is O=C1CN(C(=O)c2ccc(N3CCCC3)cc2Cl)c2ccccc2CN1CCN1CCCCC1. The van der Waals surface area contributed by atoms with Crippen LogP contribution in [0.1, 0.15) is 48.0 Å². The van der Waals surface area contributed by atoms with Gasteiger partial charge in [0.1, 0.15) is 6.54 Å². The quantitative estimate of drug-likeness (QED) is 0.635. The molecule has 0 N–H and O–H groups in total. The first kappa shape index (κ1) is 23.2. The highest BCUT2D eigenvalue weighted by Crippen LogP contribution is 2.31. The van der Waals surface area contributed by atoms with Crippen LogP contribution in [0.5, 0.6) is 0 Å². The standard InChI is InChI=1S/C27H33ClN4O2/c28-24-18-22(30-14-6-7-15-30)10-11-23(24)27(34)32-20-26(33)31(17-16-29-12-4-1-5-13-29)19-21-8-2-3-9-25(21)32/h2-3,8-11,18H,1,4-7,12-17,19-20H2. The number of nitrogens with zero attached hydrogens (tertiary/aromatic N) is 4. The Labute approximate surface area is 207 Å². The number of piperidine rings is 1. The van der Waals surface area contributed by atoms with Gasteiger partial charge in [0.25, 0.3) is 5.91 Å². The van der Waals surface area contributed by atoms with E-state index in [-0.39, 0.29) is 18.4 Å². The second-order valence-electron chi connectivity index (χ2n) is 9.60. The van der Waals surface area contributed by atoms with Crippen molar-refractivity contribution < 1.29 is 9.59 Å². The molecule has 34 heavy (non-hydrogen) atoms. The molecule has 180 valence electrons. The Morgan fingerprint density at radius 1 is 0.853 bits per heavy atom. The third kappa shape index (κ3) is 4.93. The normalized spacial score (nSPS) is 19.3. The smallest absolute Gasteiger partial charge is 0.260 e. The monoisotopic (exact) mass is 480 g/mol. The molecule has 6 nitrogen and oxygen atoms in total. The number of hydrogen-bond donors (Lipinski definition) is 0. The summed E-state index contributed by atoms with van der Waals surface area (Å²) in [6.45, 7) is 6.36. The highest BCUT2D eigenvalue weighted by molar-refractivity contribution is 6.35. The lowest BCUT2D eigenvalue weighted by Gasteiger charge is -2.29. The minimum absolute atomic E-state index is 0.0219. The maximum atomic E-state index is 13.7. The summed E-state index contributed by atoms with van der Waals surface area (Å²) in [5.74, 6) is -0.247. The van der Waals surface area contributed by atoms with Crippen molar-refractivity contribution in [2.45, 2.75) is 38.6 Å². The van der Waals surface area contributed by atoms with Gasteiger partial charge in [-0.2, -0.15) is 0 Å². The van der Waals surface area contributed by atoms with Crippen molar-refractivity contribution in [3.05, 3.63) is 58.6 Å². The molecule has 2 amide bonds. The molecule has 0 aliphatic carbocycles. The number of para-hydroxylation sites is 1. The minimum Gasteiger partial charge on any atom is -0.371 e. The summed E-state index contributed by atoms with van der Waals surface area (Å²) < 4.78 is 0. The van der Waals surface area contributed by atoms with Crippen LogP contribution < -0.4 is 9.80 Å². The molecule has 0 atom stereocenters. The molecule has 3 heterocycles. The van der Waals surface area contributed by atoms with E-state index in [1.54, 1.807) is 4.90 Å². The number of likely N-dealkylation sites (tertiary alicyclic amines) is 1. The third-order valence-corrected chi connectivity index (χ3v) is 7.64. The van der Waals surface area contributed by atoms with Crippen molar-refractivity contribution in [1.82, 2.24) is 9.80 Å². The molecule has 3 aliphatic rings. The van der Waals surface area contributed by atoms with Crippen LogP contribution in [0.25, 0.3) is 0 Å². The number of hydrogen-bond acceptors (Lipinski definition) is 4. The van der Waals surface area contributed by atoms with Crippen molar-refractivity contribution in [2.24, 2.45) is 0 Å². The zero-order chi connectivity index (χ0) is 23.5.